The first-order valence-electron chi connectivity index (χ1n) is 14.2. The van der Waals surface area contributed by atoms with Gasteiger partial charge < -0.3 is 14.5 Å². The van der Waals surface area contributed by atoms with Crippen molar-refractivity contribution in [2.75, 3.05) is 31.6 Å². The molecular weight excluding hydrogens is 467 g/mol. The Labute approximate surface area is 220 Å². The predicted octanol–water partition coefficient (Wildman–Crippen LogP) is 5.58. The minimum absolute atomic E-state index is 0.00327. The lowest BCUT2D eigenvalue weighted by molar-refractivity contribution is -0.131. The first-order valence-corrected chi connectivity index (χ1v) is 14.2. The molecular formula is C30H41FN4O2. The summed E-state index contributed by atoms with van der Waals surface area (Å²) in [4.78, 5) is 25.8. The van der Waals surface area contributed by atoms with Gasteiger partial charge in [0.15, 0.2) is 0 Å². The van der Waals surface area contributed by atoms with Gasteiger partial charge in [0.2, 0.25) is 11.9 Å². The molecule has 0 bridgehead atoms. The van der Waals surface area contributed by atoms with Gasteiger partial charge in [0, 0.05) is 44.6 Å². The standard InChI is InChI=1S/C30H41FN4O2/c1-21-19-32-30(33-20-21)35-13-10-22(11-14-35)27-16-23(27)12-15-37-26-9-8-24(28(31)18-26)17-29(36)34(2)25-6-4-3-5-7-25/h8-9,18-20,22-23,25,27H,3-7,10-17H2,1-2H3/t23-,27-/m1/s1. The highest BCUT2D eigenvalue weighted by atomic mass is 19.1. The Balaban J connectivity index is 1.02. The molecule has 0 radical (unpaired) electrons. The fraction of sp³-hybridized carbons (Fsp3) is 0.633. The van der Waals surface area contributed by atoms with Crippen LogP contribution in [0.1, 0.15) is 68.9 Å². The van der Waals surface area contributed by atoms with E-state index in [1.165, 1.54) is 44.6 Å². The Morgan fingerprint density at radius 3 is 2.54 bits per heavy atom. The van der Waals surface area contributed by atoms with Crippen LogP contribution in [-0.2, 0) is 11.2 Å². The average Bonchev–Trinajstić information content (AvgIpc) is 3.70. The second-order valence-corrected chi connectivity index (χ2v) is 11.4. The number of carbonyl (C=O) groups excluding carboxylic acids is 1. The molecule has 7 heteroatoms. The topological polar surface area (TPSA) is 58.6 Å². The minimum Gasteiger partial charge on any atom is -0.493 e. The highest BCUT2D eigenvalue weighted by Crippen LogP contribution is 2.49. The largest absolute Gasteiger partial charge is 0.493 e. The van der Waals surface area contributed by atoms with Crippen molar-refractivity contribution in [3.8, 4) is 5.75 Å². The average molecular weight is 509 g/mol. The summed E-state index contributed by atoms with van der Waals surface area (Å²) < 4.78 is 20.6. The van der Waals surface area contributed by atoms with Crippen LogP contribution in [-0.4, -0.2) is 53.6 Å². The minimum atomic E-state index is -0.350. The van der Waals surface area contributed by atoms with E-state index >= 15 is 0 Å². The third-order valence-corrected chi connectivity index (χ3v) is 8.81. The van der Waals surface area contributed by atoms with Crippen LogP contribution < -0.4 is 9.64 Å². The normalized spacial score (nSPS) is 22.6. The van der Waals surface area contributed by atoms with E-state index in [1.807, 2.05) is 31.3 Å². The molecule has 2 aromatic rings. The molecule has 1 aliphatic heterocycles. The summed E-state index contributed by atoms with van der Waals surface area (Å²) in [5.74, 6) is 3.32. The van der Waals surface area contributed by atoms with Gasteiger partial charge in [-0.3, -0.25) is 4.79 Å². The van der Waals surface area contributed by atoms with Crippen molar-refractivity contribution in [3.05, 3.63) is 47.5 Å². The molecule has 1 saturated heterocycles. The fourth-order valence-electron chi connectivity index (χ4n) is 6.31. The molecule has 2 atom stereocenters. The molecule has 1 aromatic carbocycles. The maximum Gasteiger partial charge on any atom is 0.227 e. The lowest BCUT2D eigenvalue weighted by Crippen LogP contribution is -2.39. The highest BCUT2D eigenvalue weighted by molar-refractivity contribution is 5.79. The molecule has 1 aromatic heterocycles. The summed E-state index contributed by atoms with van der Waals surface area (Å²) in [7, 11) is 1.86. The summed E-state index contributed by atoms with van der Waals surface area (Å²) in [6.07, 6.45) is 14.3. The zero-order chi connectivity index (χ0) is 25.8. The van der Waals surface area contributed by atoms with Gasteiger partial charge in [-0.1, -0.05) is 25.3 Å². The molecule has 2 heterocycles. The molecule has 5 rings (SSSR count). The van der Waals surface area contributed by atoms with Crippen LogP contribution >= 0.6 is 0 Å². The summed E-state index contributed by atoms with van der Waals surface area (Å²) in [5, 5.41) is 0. The number of halogens is 1. The van der Waals surface area contributed by atoms with Crippen LogP contribution in [0.15, 0.2) is 30.6 Å². The number of piperidine rings is 1. The van der Waals surface area contributed by atoms with Gasteiger partial charge >= 0.3 is 0 Å². The van der Waals surface area contributed by atoms with Crippen LogP contribution in [0.5, 0.6) is 5.75 Å². The molecule has 0 unspecified atom stereocenters. The Morgan fingerprint density at radius 2 is 1.84 bits per heavy atom. The summed E-state index contributed by atoms with van der Waals surface area (Å²) in [5.41, 5.74) is 1.54. The molecule has 37 heavy (non-hydrogen) atoms. The zero-order valence-corrected chi connectivity index (χ0v) is 22.4. The number of rotatable bonds is 9. The van der Waals surface area contributed by atoms with E-state index in [9.17, 15) is 9.18 Å². The van der Waals surface area contributed by atoms with Crippen molar-refractivity contribution < 1.29 is 13.9 Å². The third kappa shape index (κ3) is 6.60. The van der Waals surface area contributed by atoms with Crippen molar-refractivity contribution in [3.63, 3.8) is 0 Å². The predicted molar refractivity (Wildman–Crippen MR) is 143 cm³/mol. The maximum atomic E-state index is 14.7. The van der Waals surface area contributed by atoms with E-state index in [4.69, 9.17) is 4.74 Å². The quantitative estimate of drug-likeness (QED) is 0.443. The van der Waals surface area contributed by atoms with E-state index in [-0.39, 0.29) is 18.1 Å². The molecule has 3 fully saturated rings. The SMILES string of the molecule is Cc1cnc(N2CCC([C@H]3C[C@H]3CCOc3ccc(CC(=O)N(C)C4CCCCC4)c(F)c3)CC2)nc1. The van der Waals surface area contributed by atoms with Crippen LogP contribution in [0, 0.1) is 30.5 Å². The monoisotopic (exact) mass is 508 g/mol. The van der Waals surface area contributed by atoms with Crippen molar-refractivity contribution in [1.29, 1.82) is 0 Å². The highest BCUT2D eigenvalue weighted by Gasteiger charge is 2.43. The smallest absolute Gasteiger partial charge is 0.227 e. The number of ether oxygens (including phenoxy) is 1. The van der Waals surface area contributed by atoms with Gasteiger partial charge in [-0.2, -0.15) is 0 Å². The maximum absolute atomic E-state index is 14.7. The Bertz CT molecular complexity index is 1050. The number of hydrogen-bond acceptors (Lipinski definition) is 5. The van der Waals surface area contributed by atoms with Gasteiger partial charge in [-0.05, 0) is 80.4 Å². The molecule has 0 spiro atoms. The second-order valence-electron chi connectivity index (χ2n) is 11.4. The fourth-order valence-corrected chi connectivity index (χ4v) is 6.31. The molecule has 3 aliphatic rings. The first kappa shape index (κ1) is 25.9. The lowest BCUT2D eigenvalue weighted by Gasteiger charge is -2.32. The van der Waals surface area contributed by atoms with Crippen molar-refractivity contribution in [2.24, 2.45) is 17.8 Å². The van der Waals surface area contributed by atoms with Crippen molar-refractivity contribution in [1.82, 2.24) is 14.9 Å². The number of carbonyl (C=O) groups is 1. The second kappa shape index (κ2) is 11.8. The summed E-state index contributed by atoms with van der Waals surface area (Å²) in [6, 6.07) is 5.26. The van der Waals surface area contributed by atoms with E-state index in [2.05, 4.69) is 14.9 Å². The van der Waals surface area contributed by atoms with E-state index < -0.39 is 0 Å². The van der Waals surface area contributed by atoms with E-state index in [0.29, 0.717) is 29.9 Å². The summed E-state index contributed by atoms with van der Waals surface area (Å²) in [6.45, 7) is 4.67. The Hall–Kier alpha value is -2.70. The van der Waals surface area contributed by atoms with Crippen molar-refractivity contribution in [2.45, 2.75) is 77.2 Å². The Kier molecular flexibility index (Phi) is 8.26. The van der Waals surface area contributed by atoms with Gasteiger partial charge in [0.25, 0.3) is 0 Å². The lowest BCUT2D eigenvalue weighted by atomic mass is 9.90. The number of nitrogens with zero attached hydrogens (tertiary/aromatic N) is 4. The van der Waals surface area contributed by atoms with Crippen LogP contribution in [0.2, 0.25) is 0 Å². The van der Waals surface area contributed by atoms with Crippen LogP contribution in [0.3, 0.4) is 0 Å². The first-order chi connectivity index (χ1) is 18.0. The number of aromatic nitrogens is 2. The number of hydrogen-bond donors (Lipinski definition) is 0. The number of aryl methyl sites for hydroxylation is 1. The number of likely N-dealkylation sites (N-methyl/N-ethyl adjacent to an activating group) is 1. The summed E-state index contributed by atoms with van der Waals surface area (Å²) >= 11 is 0. The van der Waals surface area contributed by atoms with Crippen LogP contribution in [0.4, 0.5) is 10.3 Å². The Morgan fingerprint density at radius 1 is 1.11 bits per heavy atom. The molecule has 2 saturated carbocycles. The van der Waals surface area contributed by atoms with Gasteiger partial charge in [0.1, 0.15) is 11.6 Å². The molecule has 200 valence electrons. The third-order valence-electron chi connectivity index (χ3n) is 8.81. The van der Waals surface area contributed by atoms with E-state index in [0.717, 1.165) is 55.7 Å². The molecule has 6 nitrogen and oxygen atoms in total. The molecule has 0 N–H and O–H groups in total. The van der Waals surface area contributed by atoms with Crippen molar-refractivity contribution >= 4 is 11.9 Å². The number of amides is 1. The van der Waals surface area contributed by atoms with Gasteiger partial charge in [-0.25, -0.2) is 14.4 Å². The number of benzene rings is 1. The van der Waals surface area contributed by atoms with Gasteiger partial charge in [0.05, 0.1) is 13.0 Å². The molecule has 1 amide bonds. The number of anilines is 1. The zero-order valence-electron chi connectivity index (χ0n) is 22.4. The van der Waals surface area contributed by atoms with Gasteiger partial charge in [-0.15, -0.1) is 0 Å². The van der Waals surface area contributed by atoms with Crippen LogP contribution in [0.25, 0.3) is 0 Å². The van der Waals surface area contributed by atoms with E-state index in [1.54, 1.807) is 12.1 Å². The molecule has 2 aliphatic carbocycles.